The lowest BCUT2D eigenvalue weighted by molar-refractivity contribution is 0.0251. The first-order chi connectivity index (χ1) is 9.65. The Bertz CT molecular complexity index is 391. The average Bonchev–Trinajstić information content (AvgIpc) is 2.45. The molecule has 1 aliphatic rings. The zero-order valence-electron chi connectivity index (χ0n) is 11.5. The summed E-state index contributed by atoms with van der Waals surface area (Å²) < 4.78 is 18.8. The highest BCUT2D eigenvalue weighted by molar-refractivity contribution is 7.33. The number of hydrogen-bond donors (Lipinski definition) is 0. The van der Waals surface area contributed by atoms with Crippen LogP contribution in [0, 0.1) is 5.82 Å². The number of benzene rings is 1. The van der Waals surface area contributed by atoms with Gasteiger partial charge >= 0.3 is 0 Å². The second-order valence-corrected chi connectivity index (χ2v) is 10.6. The van der Waals surface area contributed by atoms with Gasteiger partial charge in [0.2, 0.25) is 7.42 Å². The van der Waals surface area contributed by atoms with E-state index in [-0.39, 0.29) is 5.82 Å². The van der Waals surface area contributed by atoms with Crippen molar-refractivity contribution in [2.45, 2.75) is 50.2 Å². The van der Waals surface area contributed by atoms with Crippen molar-refractivity contribution in [2.24, 2.45) is 0 Å². The minimum Gasteiger partial charge on any atom is -0.378 e. The van der Waals surface area contributed by atoms with Crippen LogP contribution in [0.15, 0.2) is 24.3 Å². The van der Waals surface area contributed by atoms with E-state index in [1.807, 2.05) is 12.1 Å². The van der Waals surface area contributed by atoms with Gasteiger partial charge in [-0.15, -0.1) is 0 Å². The van der Waals surface area contributed by atoms with E-state index in [0.29, 0.717) is 12.0 Å². The molecule has 2 rings (SSSR count). The maximum Gasteiger partial charge on any atom is 0.237 e. The van der Waals surface area contributed by atoms with E-state index in [0.717, 1.165) is 44.8 Å². The molecular weight excluding hydrogens is 314 g/mol. The van der Waals surface area contributed by atoms with E-state index in [9.17, 15) is 4.39 Å². The first-order valence-electron chi connectivity index (χ1n) is 7.30. The van der Waals surface area contributed by atoms with Crippen molar-refractivity contribution in [3.63, 3.8) is 0 Å². The molecule has 1 aliphatic carbocycles. The van der Waals surface area contributed by atoms with Crippen LogP contribution >= 0.6 is 22.2 Å². The molecule has 0 spiro atoms. The monoisotopic (exact) mass is 334 g/mol. The summed E-state index contributed by atoms with van der Waals surface area (Å²) in [4.78, 5) is 0. The molecule has 0 N–H and O–H groups in total. The molecule has 5 heteroatoms. The van der Waals surface area contributed by atoms with E-state index in [1.54, 1.807) is 12.1 Å². The summed E-state index contributed by atoms with van der Waals surface area (Å²) in [7, 11) is -1.47. The lowest BCUT2D eigenvalue weighted by atomic mass is 9.83. The Hall–Kier alpha value is -0.0931. The maximum absolute atomic E-state index is 12.9. The van der Waals surface area contributed by atoms with Crippen molar-refractivity contribution >= 4 is 29.6 Å². The zero-order chi connectivity index (χ0) is 14.4. The summed E-state index contributed by atoms with van der Waals surface area (Å²) in [6.45, 7) is 0.773. The fraction of sp³-hybridized carbons (Fsp3) is 0.600. The fourth-order valence-electron chi connectivity index (χ4n) is 2.79. The van der Waals surface area contributed by atoms with Crippen LogP contribution in [0.25, 0.3) is 0 Å². The normalized spacial score (nSPS) is 23.2. The standard InChI is InChI=1S/C15H21Cl2FOSi/c16-20(17)11-1-10-19-15-8-4-13(5-9-15)12-2-6-14(18)7-3-12/h2-3,6-7,13,15,20H,1,4-5,8-11H2. The molecule has 0 aliphatic heterocycles. The first-order valence-corrected chi connectivity index (χ1v) is 11.6. The molecule has 0 saturated heterocycles. The molecule has 0 bridgehead atoms. The summed E-state index contributed by atoms with van der Waals surface area (Å²) in [5, 5.41) is 0. The van der Waals surface area contributed by atoms with E-state index in [1.165, 1.54) is 5.56 Å². The Morgan fingerprint density at radius 1 is 1.10 bits per heavy atom. The van der Waals surface area contributed by atoms with Gasteiger partial charge in [-0.2, -0.15) is 22.2 Å². The Labute approximate surface area is 131 Å². The van der Waals surface area contributed by atoms with Crippen LogP contribution in [-0.2, 0) is 4.74 Å². The van der Waals surface area contributed by atoms with Crippen molar-refractivity contribution in [1.29, 1.82) is 0 Å². The van der Waals surface area contributed by atoms with Crippen molar-refractivity contribution in [2.75, 3.05) is 6.61 Å². The molecule has 0 radical (unpaired) electrons. The molecule has 20 heavy (non-hydrogen) atoms. The summed E-state index contributed by atoms with van der Waals surface area (Å²) in [6, 6.07) is 7.85. The van der Waals surface area contributed by atoms with E-state index >= 15 is 0 Å². The number of ether oxygens (including phenoxy) is 1. The molecule has 1 saturated carbocycles. The summed E-state index contributed by atoms with van der Waals surface area (Å²) in [6.07, 6.45) is 5.77. The van der Waals surface area contributed by atoms with Gasteiger partial charge in [0.05, 0.1) is 6.10 Å². The molecule has 0 amide bonds. The lowest BCUT2D eigenvalue weighted by Crippen LogP contribution is -2.21. The van der Waals surface area contributed by atoms with Crippen LogP contribution < -0.4 is 0 Å². The Morgan fingerprint density at radius 3 is 2.35 bits per heavy atom. The van der Waals surface area contributed by atoms with Crippen LogP contribution in [0.2, 0.25) is 6.04 Å². The SMILES string of the molecule is Fc1ccc(C2CCC(OCCC[SiH](Cl)Cl)CC2)cc1. The topological polar surface area (TPSA) is 9.23 Å². The van der Waals surface area contributed by atoms with Crippen molar-refractivity contribution in [1.82, 2.24) is 0 Å². The minimum atomic E-state index is -1.47. The van der Waals surface area contributed by atoms with Crippen molar-refractivity contribution in [3.05, 3.63) is 35.6 Å². The summed E-state index contributed by atoms with van der Waals surface area (Å²) in [5.41, 5.74) is 1.25. The van der Waals surface area contributed by atoms with Gasteiger partial charge in [-0.3, -0.25) is 0 Å². The molecule has 0 atom stereocenters. The Morgan fingerprint density at radius 2 is 1.75 bits per heavy atom. The number of hydrogen-bond acceptors (Lipinski definition) is 1. The third-order valence-electron chi connectivity index (χ3n) is 3.94. The summed E-state index contributed by atoms with van der Waals surface area (Å²) >= 11 is 11.6. The van der Waals surface area contributed by atoms with Crippen LogP contribution in [0.4, 0.5) is 4.39 Å². The highest BCUT2D eigenvalue weighted by Crippen LogP contribution is 2.34. The zero-order valence-corrected chi connectivity index (χ0v) is 14.2. The predicted octanol–water partition coefficient (Wildman–Crippen LogP) is 4.96. The maximum atomic E-state index is 12.9. The van der Waals surface area contributed by atoms with Gasteiger partial charge < -0.3 is 4.74 Å². The van der Waals surface area contributed by atoms with Crippen molar-refractivity contribution in [3.8, 4) is 0 Å². The Balaban J connectivity index is 1.68. The molecule has 1 nitrogen and oxygen atoms in total. The molecule has 0 unspecified atom stereocenters. The molecule has 112 valence electrons. The second-order valence-electron chi connectivity index (χ2n) is 5.43. The van der Waals surface area contributed by atoms with Crippen LogP contribution in [0.3, 0.4) is 0 Å². The van der Waals surface area contributed by atoms with E-state index < -0.39 is 7.42 Å². The minimum absolute atomic E-state index is 0.161. The third-order valence-corrected chi connectivity index (χ3v) is 6.09. The smallest absolute Gasteiger partial charge is 0.237 e. The highest BCUT2D eigenvalue weighted by atomic mass is 35.7. The summed E-state index contributed by atoms with van der Waals surface area (Å²) in [5.74, 6) is 0.393. The van der Waals surface area contributed by atoms with Crippen molar-refractivity contribution < 1.29 is 9.13 Å². The van der Waals surface area contributed by atoms with Gasteiger partial charge in [-0.05, 0) is 61.8 Å². The number of rotatable bonds is 6. The largest absolute Gasteiger partial charge is 0.378 e. The van der Waals surface area contributed by atoms with Gasteiger partial charge in [-0.25, -0.2) is 4.39 Å². The second kappa shape index (κ2) is 8.37. The predicted molar refractivity (Wildman–Crippen MR) is 85.6 cm³/mol. The molecule has 1 fully saturated rings. The Kier molecular flexibility index (Phi) is 6.82. The lowest BCUT2D eigenvalue weighted by Gasteiger charge is -2.29. The molecular formula is C15H21Cl2FOSi. The quantitative estimate of drug-likeness (QED) is 0.406. The van der Waals surface area contributed by atoms with E-state index in [4.69, 9.17) is 26.9 Å². The average molecular weight is 335 g/mol. The molecule has 1 aromatic carbocycles. The number of halogens is 3. The molecule has 1 aromatic rings. The first kappa shape index (κ1) is 16.3. The highest BCUT2D eigenvalue weighted by Gasteiger charge is 2.22. The van der Waals surface area contributed by atoms with Gasteiger partial charge in [0.15, 0.2) is 0 Å². The van der Waals surface area contributed by atoms with Crippen LogP contribution in [0.5, 0.6) is 0 Å². The molecule has 0 heterocycles. The van der Waals surface area contributed by atoms with Crippen LogP contribution in [-0.4, -0.2) is 20.1 Å². The third kappa shape index (κ3) is 5.36. The van der Waals surface area contributed by atoms with Gasteiger partial charge in [0.25, 0.3) is 0 Å². The van der Waals surface area contributed by atoms with Gasteiger partial charge in [0, 0.05) is 6.61 Å². The van der Waals surface area contributed by atoms with Crippen LogP contribution in [0.1, 0.15) is 43.6 Å². The fourth-order valence-corrected chi connectivity index (χ4v) is 4.19. The molecule has 0 aromatic heterocycles. The van der Waals surface area contributed by atoms with Gasteiger partial charge in [0.1, 0.15) is 5.82 Å². The van der Waals surface area contributed by atoms with Gasteiger partial charge in [-0.1, -0.05) is 12.1 Å². The van der Waals surface area contributed by atoms with E-state index in [2.05, 4.69) is 0 Å².